The lowest BCUT2D eigenvalue weighted by molar-refractivity contribution is -0.141. The molecule has 1 heterocycles. The molecule has 1 aliphatic rings. The summed E-state index contributed by atoms with van der Waals surface area (Å²) in [6.45, 7) is 6.19. The van der Waals surface area contributed by atoms with Crippen LogP contribution in [0.3, 0.4) is 0 Å². The van der Waals surface area contributed by atoms with Crippen LogP contribution < -0.4 is 10.6 Å². The zero-order chi connectivity index (χ0) is 18.2. The average Bonchev–Trinajstić information content (AvgIpc) is 3.29. The molecule has 3 rings (SSSR count). The molecule has 1 fully saturated rings. The number of alkyl halides is 3. The Morgan fingerprint density at radius 3 is 2.40 bits per heavy atom. The van der Waals surface area contributed by atoms with Crippen molar-refractivity contribution in [3.63, 3.8) is 0 Å². The lowest BCUT2D eigenvalue weighted by Gasteiger charge is -2.14. The van der Waals surface area contributed by atoms with Crippen LogP contribution in [0.15, 0.2) is 24.3 Å². The Bertz CT molecular complexity index is 767. The molecule has 2 aromatic rings. The number of aryl methyl sites for hydroxylation is 1. The number of nitrogens with one attached hydrogen (secondary N) is 2. The number of aromatic nitrogens is 2. The van der Waals surface area contributed by atoms with Crippen molar-refractivity contribution >= 4 is 17.5 Å². The van der Waals surface area contributed by atoms with Gasteiger partial charge in [0.05, 0.1) is 0 Å². The quantitative estimate of drug-likeness (QED) is 0.774. The topological polar surface area (TPSA) is 49.8 Å². The molecule has 0 radical (unpaired) electrons. The summed E-state index contributed by atoms with van der Waals surface area (Å²) in [7, 11) is 0. The molecule has 7 heteroatoms. The van der Waals surface area contributed by atoms with E-state index in [1.165, 1.54) is 5.56 Å². The van der Waals surface area contributed by atoms with E-state index in [0.29, 0.717) is 11.6 Å². The monoisotopic (exact) mass is 350 g/mol. The van der Waals surface area contributed by atoms with E-state index in [4.69, 9.17) is 0 Å². The molecule has 0 atom stereocenters. The molecule has 134 valence electrons. The number of benzene rings is 1. The molecule has 1 aromatic heterocycles. The number of nitrogens with zero attached hydrogens (tertiary/aromatic N) is 2. The van der Waals surface area contributed by atoms with E-state index in [-0.39, 0.29) is 17.8 Å². The molecular formula is C18H21F3N4. The summed E-state index contributed by atoms with van der Waals surface area (Å²) in [5, 5.41) is 5.89. The molecule has 0 bridgehead atoms. The third-order valence-electron chi connectivity index (χ3n) is 4.09. The van der Waals surface area contributed by atoms with Crippen LogP contribution in [-0.4, -0.2) is 16.0 Å². The van der Waals surface area contributed by atoms with Crippen molar-refractivity contribution in [3.8, 4) is 0 Å². The van der Waals surface area contributed by atoms with Gasteiger partial charge in [0.25, 0.3) is 0 Å². The summed E-state index contributed by atoms with van der Waals surface area (Å²) in [6, 6.07) is 6.86. The smallest absolute Gasteiger partial charge is 0.351 e. The fourth-order valence-electron chi connectivity index (χ4n) is 2.68. The zero-order valence-corrected chi connectivity index (χ0v) is 14.4. The predicted octanol–water partition coefficient (Wildman–Crippen LogP) is 5.25. The Kier molecular flexibility index (Phi) is 4.58. The highest BCUT2D eigenvalue weighted by Crippen LogP contribution is 2.32. The molecule has 0 aliphatic heterocycles. The molecule has 0 saturated heterocycles. The molecule has 1 saturated carbocycles. The summed E-state index contributed by atoms with van der Waals surface area (Å²) >= 11 is 0. The fourth-order valence-corrected chi connectivity index (χ4v) is 2.68. The Labute approximate surface area is 144 Å². The lowest BCUT2D eigenvalue weighted by atomic mass is 9.98. The van der Waals surface area contributed by atoms with Gasteiger partial charge in [0.1, 0.15) is 5.82 Å². The first-order valence-electron chi connectivity index (χ1n) is 8.33. The third-order valence-corrected chi connectivity index (χ3v) is 4.09. The van der Waals surface area contributed by atoms with Crippen molar-refractivity contribution in [2.75, 3.05) is 10.6 Å². The van der Waals surface area contributed by atoms with Crippen molar-refractivity contribution in [2.45, 2.75) is 51.7 Å². The first-order valence-corrected chi connectivity index (χ1v) is 8.33. The van der Waals surface area contributed by atoms with Crippen LogP contribution in [-0.2, 0) is 6.18 Å². The highest BCUT2D eigenvalue weighted by Gasteiger charge is 2.34. The maximum atomic E-state index is 13.1. The average molecular weight is 350 g/mol. The Hall–Kier alpha value is -2.31. The van der Waals surface area contributed by atoms with Crippen LogP contribution in [0.5, 0.6) is 0 Å². The van der Waals surface area contributed by atoms with Gasteiger partial charge in [0, 0.05) is 17.8 Å². The second-order valence-electron chi connectivity index (χ2n) is 6.73. The van der Waals surface area contributed by atoms with E-state index < -0.39 is 11.9 Å². The zero-order valence-electron chi connectivity index (χ0n) is 14.4. The molecule has 1 aromatic carbocycles. The number of rotatable bonds is 5. The highest BCUT2D eigenvalue weighted by molar-refractivity contribution is 5.60. The normalized spacial score (nSPS) is 14.7. The molecule has 0 amide bonds. The Balaban J connectivity index is 1.89. The summed E-state index contributed by atoms with van der Waals surface area (Å²) in [6.07, 6.45) is -2.66. The Morgan fingerprint density at radius 2 is 1.84 bits per heavy atom. The molecule has 0 unspecified atom stereocenters. The first-order chi connectivity index (χ1) is 11.7. The van der Waals surface area contributed by atoms with Crippen LogP contribution in [0.4, 0.5) is 30.6 Å². The predicted molar refractivity (Wildman–Crippen MR) is 92.2 cm³/mol. The van der Waals surface area contributed by atoms with Crippen LogP contribution >= 0.6 is 0 Å². The van der Waals surface area contributed by atoms with Gasteiger partial charge in [-0.3, -0.25) is 0 Å². The summed E-state index contributed by atoms with van der Waals surface area (Å²) in [5.74, 6) is 0.525. The van der Waals surface area contributed by atoms with Crippen LogP contribution in [0.1, 0.15) is 49.4 Å². The number of halogens is 3. The van der Waals surface area contributed by atoms with Crippen molar-refractivity contribution < 1.29 is 13.2 Å². The molecule has 4 nitrogen and oxygen atoms in total. The SMILES string of the molecule is Cc1cc(Nc2cc(C(F)(F)F)nc(NC3CC3)n2)ccc1C(C)C. The van der Waals surface area contributed by atoms with Gasteiger partial charge in [-0.2, -0.15) is 18.2 Å². The van der Waals surface area contributed by atoms with Crippen molar-refractivity contribution in [1.29, 1.82) is 0 Å². The van der Waals surface area contributed by atoms with Gasteiger partial charge in [-0.15, -0.1) is 0 Å². The number of anilines is 3. The third kappa shape index (κ3) is 4.41. The Morgan fingerprint density at radius 1 is 1.12 bits per heavy atom. The second-order valence-corrected chi connectivity index (χ2v) is 6.73. The number of hydrogen-bond donors (Lipinski definition) is 2. The van der Waals surface area contributed by atoms with E-state index in [9.17, 15) is 13.2 Å². The van der Waals surface area contributed by atoms with Crippen LogP contribution in [0.25, 0.3) is 0 Å². The summed E-state index contributed by atoms with van der Waals surface area (Å²) in [5.41, 5.74) is 2.04. The minimum Gasteiger partial charge on any atom is -0.351 e. The fraction of sp³-hybridized carbons (Fsp3) is 0.444. The molecule has 0 spiro atoms. The van der Waals surface area contributed by atoms with Gasteiger partial charge in [-0.1, -0.05) is 19.9 Å². The first kappa shape index (κ1) is 17.5. The minimum atomic E-state index is -4.52. The van der Waals surface area contributed by atoms with E-state index in [0.717, 1.165) is 24.5 Å². The van der Waals surface area contributed by atoms with E-state index in [1.54, 1.807) is 0 Å². The van der Waals surface area contributed by atoms with Gasteiger partial charge >= 0.3 is 6.18 Å². The van der Waals surface area contributed by atoms with Gasteiger partial charge in [0.2, 0.25) is 5.95 Å². The molecule has 2 N–H and O–H groups in total. The van der Waals surface area contributed by atoms with E-state index in [1.807, 2.05) is 25.1 Å². The molecular weight excluding hydrogens is 329 g/mol. The van der Waals surface area contributed by atoms with Crippen LogP contribution in [0.2, 0.25) is 0 Å². The maximum Gasteiger partial charge on any atom is 0.433 e. The van der Waals surface area contributed by atoms with Crippen molar-refractivity contribution in [2.24, 2.45) is 0 Å². The van der Waals surface area contributed by atoms with E-state index in [2.05, 4.69) is 34.4 Å². The second kappa shape index (κ2) is 6.54. The lowest BCUT2D eigenvalue weighted by Crippen LogP contribution is -2.14. The summed E-state index contributed by atoms with van der Waals surface area (Å²) < 4.78 is 39.3. The van der Waals surface area contributed by atoms with Gasteiger partial charge in [-0.25, -0.2) is 4.98 Å². The number of hydrogen-bond acceptors (Lipinski definition) is 4. The maximum absolute atomic E-state index is 13.1. The molecule has 25 heavy (non-hydrogen) atoms. The van der Waals surface area contributed by atoms with E-state index >= 15 is 0 Å². The highest BCUT2D eigenvalue weighted by atomic mass is 19.4. The van der Waals surface area contributed by atoms with Gasteiger partial charge in [-0.05, 0) is 48.9 Å². The largest absolute Gasteiger partial charge is 0.433 e. The molecule has 1 aliphatic carbocycles. The minimum absolute atomic E-state index is 0.00958. The van der Waals surface area contributed by atoms with Crippen LogP contribution in [0, 0.1) is 6.92 Å². The van der Waals surface area contributed by atoms with Crippen molar-refractivity contribution in [1.82, 2.24) is 9.97 Å². The van der Waals surface area contributed by atoms with Crippen molar-refractivity contribution in [3.05, 3.63) is 41.1 Å². The summed E-state index contributed by atoms with van der Waals surface area (Å²) in [4.78, 5) is 7.77. The van der Waals surface area contributed by atoms with Gasteiger partial charge < -0.3 is 10.6 Å². The van der Waals surface area contributed by atoms with Gasteiger partial charge in [0.15, 0.2) is 5.69 Å². The standard InChI is InChI=1S/C18H21F3N4/c1-10(2)14-7-6-13(8-11(14)3)22-16-9-15(18(19,20)21)24-17(25-16)23-12-4-5-12/h6-10,12H,4-5H2,1-3H3,(H2,22,23,24,25).